The molecule has 5 N–H and O–H groups in total. The van der Waals surface area contributed by atoms with Crippen molar-refractivity contribution in [3.63, 3.8) is 0 Å². The Morgan fingerprint density at radius 1 is 1.14 bits per heavy atom. The van der Waals surface area contributed by atoms with E-state index in [1.807, 2.05) is 19.1 Å². The highest BCUT2D eigenvalue weighted by Crippen LogP contribution is 2.41. The van der Waals surface area contributed by atoms with Crippen molar-refractivity contribution in [1.82, 2.24) is 0 Å². The molecule has 0 unspecified atom stereocenters. The highest BCUT2D eigenvalue weighted by Gasteiger charge is 2.55. The molecule has 10 heteroatoms. The summed E-state index contributed by atoms with van der Waals surface area (Å²) in [4.78, 5) is 11.3. The van der Waals surface area contributed by atoms with E-state index in [4.69, 9.17) is 25.8 Å². The molecule has 0 radical (unpaired) electrons. The molecule has 2 aromatic rings. The molecular formula is C25H31ClO9. The molecule has 0 aromatic heterocycles. The van der Waals surface area contributed by atoms with E-state index >= 15 is 0 Å². The van der Waals surface area contributed by atoms with E-state index in [9.17, 15) is 30.3 Å². The summed E-state index contributed by atoms with van der Waals surface area (Å²) in [5, 5.41) is 53.4. The molecule has 1 saturated heterocycles. The standard InChI is InChI=1S/C25H31ClO9/c1-4-33-17-7-5-15(6-8-17)9-18-19(10-16(11-20(18)26)12-34-14(3)28)25(32)24(31)22(30)21(29)23(35-25)13(2)27/h5-8,10-11,13,21-24,27,29-32H,4,9,12H2,1-3H3/t13-,21-,22-,23+,24+,25+/m0/s1. The van der Waals surface area contributed by atoms with Gasteiger partial charge in [0.2, 0.25) is 5.79 Å². The molecule has 0 aliphatic carbocycles. The van der Waals surface area contributed by atoms with Crippen molar-refractivity contribution < 1.29 is 44.5 Å². The third kappa shape index (κ3) is 5.95. The maximum atomic E-state index is 11.6. The smallest absolute Gasteiger partial charge is 0.302 e. The molecule has 6 atom stereocenters. The molecule has 0 amide bonds. The second kappa shape index (κ2) is 11.2. The molecule has 1 aliphatic rings. The third-order valence-corrected chi connectivity index (χ3v) is 6.24. The average Bonchev–Trinajstić information content (AvgIpc) is 2.81. The average molecular weight is 511 g/mol. The Morgan fingerprint density at radius 2 is 1.80 bits per heavy atom. The van der Waals surface area contributed by atoms with Crippen LogP contribution < -0.4 is 4.74 Å². The Bertz CT molecular complexity index is 1030. The minimum absolute atomic E-state index is 0.00476. The van der Waals surface area contributed by atoms with Crippen LogP contribution in [0.5, 0.6) is 5.75 Å². The molecular weight excluding hydrogens is 480 g/mol. The fourth-order valence-corrected chi connectivity index (χ4v) is 4.41. The molecule has 3 rings (SSSR count). The number of carbonyl (C=O) groups excluding carboxylic acids is 1. The molecule has 1 aliphatic heterocycles. The Hall–Kier alpha value is -2.24. The van der Waals surface area contributed by atoms with E-state index in [0.29, 0.717) is 23.5 Å². The number of carbonyl (C=O) groups is 1. The normalized spacial score (nSPS) is 27.3. The molecule has 9 nitrogen and oxygen atoms in total. The number of ether oxygens (including phenoxy) is 3. The van der Waals surface area contributed by atoms with Gasteiger partial charge < -0.3 is 39.7 Å². The first-order valence-electron chi connectivity index (χ1n) is 11.3. The first-order valence-corrected chi connectivity index (χ1v) is 11.6. The van der Waals surface area contributed by atoms with Crippen molar-refractivity contribution in [2.24, 2.45) is 0 Å². The lowest BCUT2D eigenvalue weighted by Gasteiger charge is -2.47. The molecule has 0 saturated carbocycles. The van der Waals surface area contributed by atoms with Gasteiger partial charge in [0.1, 0.15) is 36.8 Å². The zero-order valence-corrected chi connectivity index (χ0v) is 20.5. The first kappa shape index (κ1) is 27.3. The third-order valence-electron chi connectivity index (χ3n) is 5.90. The van der Waals surface area contributed by atoms with Gasteiger partial charge >= 0.3 is 5.97 Å². The van der Waals surface area contributed by atoms with Gasteiger partial charge in [-0.1, -0.05) is 23.7 Å². The Morgan fingerprint density at radius 3 is 2.37 bits per heavy atom. The van der Waals surface area contributed by atoms with Crippen LogP contribution in [0.25, 0.3) is 0 Å². The van der Waals surface area contributed by atoms with E-state index in [1.54, 1.807) is 18.2 Å². The SMILES string of the molecule is CCOc1ccc(Cc2c(Cl)cc(COC(C)=O)cc2[C@@]2(O)O[C@H]([C@H](C)O)[C@@H](O)[C@H](O)[C@H]2O)cc1. The fourth-order valence-electron chi connectivity index (χ4n) is 4.10. The van der Waals surface area contributed by atoms with Crippen LogP contribution in [0.4, 0.5) is 0 Å². The number of esters is 1. The molecule has 192 valence electrons. The lowest BCUT2D eigenvalue weighted by Crippen LogP contribution is -2.65. The van der Waals surface area contributed by atoms with Gasteiger partial charge in [-0.25, -0.2) is 0 Å². The minimum atomic E-state index is -2.54. The van der Waals surface area contributed by atoms with Crippen LogP contribution in [0.1, 0.15) is 43.0 Å². The summed E-state index contributed by atoms with van der Waals surface area (Å²) >= 11 is 6.60. The van der Waals surface area contributed by atoms with Crippen molar-refractivity contribution in [2.45, 2.75) is 70.1 Å². The van der Waals surface area contributed by atoms with Crippen LogP contribution in [-0.2, 0) is 33.1 Å². The van der Waals surface area contributed by atoms with Crippen LogP contribution in [0.3, 0.4) is 0 Å². The highest BCUT2D eigenvalue weighted by molar-refractivity contribution is 6.31. The maximum absolute atomic E-state index is 11.6. The largest absolute Gasteiger partial charge is 0.494 e. The maximum Gasteiger partial charge on any atom is 0.302 e. The van der Waals surface area contributed by atoms with E-state index in [-0.39, 0.29) is 23.6 Å². The number of hydrogen-bond donors (Lipinski definition) is 5. The van der Waals surface area contributed by atoms with Gasteiger partial charge in [0, 0.05) is 17.5 Å². The second-order valence-corrected chi connectivity index (χ2v) is 8.99. The van der Waals surface area contributed by atoms with Crippen molar-refractivity contribution >= 4 is 17.6 Å². The molecule has 1 fully saturated rings. The van der Waals surface area contributed by atoms with Crippen molar-refractivity contribution in [3.05, 3.63) is 63.7 Å². The Balaban J connectivity index is 2.10. The van der Waals surface area contributed by atoms with Gasteiger partial charge in [-0.15, -0.1) is 0 Å². The molecule has 0 bridgehead atoms. The fraction of sp³-hybridized carbons (Fsp3) is 0.480. The molecule has 1 heterocycles. The van der Waals surface area contributed by atoms with Gasteiger partial charge in [-0.2, -0.15) is 0 Å². The molecule has 0 spiro atoms. The van der Waals surface area contributed by atoms with Crippen molar-refractivity contribution in [2.75, 3.05) is 6.61 Å². The van der Waals surface area contributed by atoms with E-state index in [2.05, 4.69) is 0 Å². The van der Waals surface area contributed by atoms with Crippen molar-refractivity contribution in [1.29, 1.82) is 0 Å². The van der Waals surface area contributed by atoms with Crippen LogP contribution in [0.2, 0.25) is 5.02 Å². The Kier molecular flexibility index (Phi) is 8.76. The van der Waals surface area contributed by atoms with Gasteiger partial charge in [0.25, 0.3) is 0 Å². The van der Waals surface area contributed by atoms with Crippen LogP contribution in [-0.4, -0.2) is 68.6 Å². The van der Waals surface area contributed by atoms with Gasteiger partial charge in [-0.05, 0) is 61.2 Å². The number of aliphatic hydroxyl groups is 5. The number of hydrogen-bond acceptors (Lipinski definition) is 9. The van der Waals surface area contributed by atoms with Crippen LogP contribution in [0.15, 0.2) is 36.4 Å². The predicted octanol–water partition coefficient (Wildman–Crippen LogP) is 1.40. The number of halogens is 1. The summed E-state index contributed by atoms with van der Waals surface area (Å²) in [6.07, 6.45) is -7.96. The van der Waals surface area contributed by atoms with E-state index in [0.717, 1.165) is 5.56 Å². The molecule has 2 aromatic carbocycles. The quantitative estimate of drug-likeness (QED) is 0.332. The number of rotatable bonds is 8. The number of benzene rings is 2. The van der Waals surface area contributed by atoms with Crippen LogP contribution in [0, 0.1) is 0 Å². The highest BCUT2D eigenvalue weighted by atomic mass is 35.5. The lowest BCUT2D eigenvalue weighted by molar-refractivity contribution is -0.364. The van der Waals surface area contributed by atoms with Crippen molar-refractivity contribution in [3.8, 4) is 5.75 Å². The summed E-state index contributed by atoms with van der Waals surface area (Å²) in [6, 6.07) is 10.2. The monoisotopic (exact) mass is 510 g/mol. The zero-order chi connectivity index (χ0) is 25.9. The predicted molar refractivity (Wildman–Crippen MR) is 126 cm³/mol. The number of aliphatic hydroxyl groups excluding tert-OH is 4. The van der Waals surface area contributed by atoms with E-state index in [1.165, 1.54) is 19.9 Å². The molecule has 35 heavy (non-hydrogen) atoms. The van der Waals surface area contributed by atoms with Gasteiger partial charge in [0.05, 0.1) is 12.7 Å². The van der Waals surface area contributed by atoms with Gasteiger partial charge in [-0.3, -0.25) is 4.79 Å². The second-order valence-electron chi connectivity index (χ2n) is 8.58. The zero-order valence-electron chi connectivity index (χ0n) is 19.7. The van der Waals surface area contributed by atoms with E-state index < -0.39 is 42.3 Å². The van der Waals surface area contributed by atoms with Crippen LogP contribution >= 0.6 is 11.6 Å². The lowest BCUT2D eigenvalue weighted by atomic mass is 9.83. The summed E-state index contributed by atoms with van der Waals surface area (Å²) in [5.74, 6) is -2.39. The van der Waals surface area contributed by atoms with Gasteiger partial charge in [0.15, 0.2) is 0 Å². The Labute approximate surface area is 208 Å². The first-order chi connectivity index (χ1) is 16.5. The summed E-state index contributed by atoms with van der Waals surface area (Å²) < 4.78 is 16.2. The summed E-state index contributed by atoms with van der Waals surface area (Å²) in [5.41, 5.74) is 1.57. The minimum Gasteiger partial charge on any atom is -0.494 e. The summed E-state index contributed by atoms with van der Waals surface area (Å²) in [6.45, 7) is 4.79. The summed E-state index contributed by atoms with van der Waals surface area (Å²) in [7, 11) is 0. The topological polar surface area (TPSA) is 146 Å².